The van der Waals surface area contributed by atoms with E-state index >= 15 is 0 Å². The molecule has 32 heavy (non-hydrogen) atoms. The molecule has 0 saturated carbocycles. The summed E-state index contributed by atoms with van der Waals surface area (Å²) in [6.45, 7) is 4.89. The van der Waals surface area contributed by atoms with Gasteiger partial charge in [0.15, 0.2) is 18.1 Å². The fourth-order valence-corrected chi connectivity index (χ4v) is 3.75. The zero-order chi connectivity index (χ0) is 22.1. The Bertz CT molecular complexity index is 1420. The molecule has 0 fully saturated rings. The minimum absolute atomic E-state index is 0.139. The van der Waals surface area contributed by atoms with Crippen LogP contribution in [0.1, 0.15) is 28.4 Å². The van der Waals surface area contributed by atoms with Crippen LogP contribution < -0.4 is 4.74 Å². The lowest BCUT2D eigenvalue weighted by Crippen LogP contribution is -2.02. The van der Waals surface area contributed by atoms with Crippen LogP contribution in [0.5, 0.6) is 5.75 Å². The number of ether oxygens (including phenoxy) is 1. The molecule has 0 spiro atoms. The fourth-order valence-electron chi connectivity index (χ4n) is 3.75. The molecule has 0 amide bonds. The lowest BCUT2D eigenvalue weighted by Gasteiger charge is -2.05. The van der Waals surface area contributed by atoms with Crippen molar-refractivity contribution in [3.8, 4) is 5.75 Å². The monoisotopic (exact) mass is 430 g/mol. The standard InChI is InChI=1S/C23H22N6O3/c1-15-16(2)28(12-18-8-6-10-31-18)22-21(15)23-26-20(27-29(23)14-24-22)13-32-25-11-17-7-4-5-9-19(17)30-3/h4-11,14H,12-13H2,1-3H3/b25-11+. The van der Waals surface area contributed by atoms with Crippen LogP contribution in [-0.2, 0) is 18.0 Å². The maximum absolute atomic E-state index is 5.52. The second-order valence-electron chi connectivity index (χ2n) is 7.37. The molecular formula is C23H22N6O3. The lowest BCUT2D eigenvalue weighted by atomic mass is 10.2. The molecule has 0 aliphatic rings. The highest BCUT2D eigenvalue weighted by Crippen LogP contribution is 2.27. The summed E-state index contributed by atoms with van der Waals surface area (Å²) in [7, 11) is 1.62. The van der Waals surface area contributed by atoms with Crippen molar-refractivity contribution >= 4 is 22.9 Å². The van der Waals surface area contributed by atoms with E-state index in [0.717, 1.165) is 45.0 Å². The van der Waals surface area contributed by atoms with Crippen molar-refractivity contribution in [3.05, 3.63) is 77.4 Å². The van der Waals surface area contributed by atoms with Crippen LogP contribution in [0.3, 0.4) is 0 Å². The maximum atomic E-state index is 5.52. The number of nitrogens with zero attached hydrogens (tertiary/aromatic N) is 6. The summed E-state index contributed by atoms with van der Waals surface area (Å²) in [5.74, 6) is 2.12. The number of benzene rings is 1. The zero-order valence-corrected chi connectivity index (χ0v) is 18.0. The van der Waals surface area contributed by atoms with Crippen LogP contribution in [0, 0.1) is 13.8 Å². The van der Waals surface area contributed by atoms with Crippen molar-refractivity contribution in [1.82, 2.24) is 24.1 Å². The predicted molar refractivity (Wildman–Crippen MR) is 119 cm³/mol. The molecule has 0 unspecified atom stereocenters. The molecule has 5 rings (SSSR count). The van der Waals surface area contributed by atoms with Gasteiger partial charge in [-0.1, -0.05) is 17.3 Å². The average molecular weight is 430 g/mol. The van der Waals surface area contributed by atoms with E-state index in [1.54, 1.807) is 30.4 Å². The summed E-state index contributed by atoms with van der Waals surface area (Å²) in [5, 5.41) is 9.49. The fraction of sp³-hybridized carbons (Fsp3) is 0.217. The molecule has 5 aromatic rings. The van der Waals surface area contributed by atoms with E-state index in [2.05, 4.69) is 38.6 Å². The number of aryl methyl sites for hydroxylation is 1. The second-order valence-corrected chi connectivity index (χ2v) is 7.37. The van der Waals surface area contributed by atoms with E-state index in [4.69, 9.17) is 14.0 Å². The Morgan fingerprint density at radius 2 is 2.00 bits per heavy atom. The second kappa shape index (κ2) is 8.18. The predicted octanol–water partition coefficient (Wildman–Crippen LogP) is 3.90. The third-order valence-electron chi connectivity index (χ3n) is 5.48. The lowest BCUT2D eigenvalue weighted by molar-refractivity contribution is 0.126. The van der Waals surface area contributed by atoms with Gasteiger partial charge >= 0.3 is 0 Å². The van der Waals surface area contributed by atoms with Crippen molar-refractivity contribution in [2.45, 2.75) is 27.0 Å². The first-order chi connectivity index (χ1) is 15.7. The van der Waals surface area contributed by atoms with E-state index in [1.165, 1.54) is 0 Å². The number of hydrogen-bond acceptors (Lipinski definition) is 7. The molecule has 0 radical (unpaired) electrons. The molecule has 0 bridgehead atoms. The van der Waals surface area contributed by atoms with Crippen LogP contribution in [0.25, 0.3) is 16.7 Å². The smallest absolute Gasteiger partial charge is 0.192 e. The first kappa shape index (κ1) is 19.8. The molecule has 0 aliphatic heterocycles. The van der Waals surface area contributed by atoms with Gasteiger partial charge in [0.2, 0.25) is 0 Å². The molecule has 1 aromatic carbocycles. The summed E-state index contributed by atoms with van der Waals surface area (Å²) in [6.07, 6.45) is 4.95. The SMILES string of the molecule is COc1ccccc1/C=N/OCc1nc2c3c(C)c(C)n(Cc4ccco4)c3ncn2n1. The van der Waals surface area contributed by atoms with Crippen molar-refractivity contribution in [3.63, 3.8) is 0 Å². The average Bonchev–Trinajstić information content (AvgIpc) is 3.53. The third kappa shape index (κ3) is 3.47. The first-order valence-electron chi connectivity index (χ1n) is 10.2. The number of methoxy groups -OCH3 is 1. The van der Waals surface area contributed by atoms with E-state index in [-0.39, 0.29) is 6.61 Å². The summed E-state index contributed by atoms with van der Waals surface area (Å²) in [5.41, 5.74) is 4.63. The molecule has 0 N–H and O–H groups in total. The summed E-state index contributed by atoms with van der Waals surface area (Å²) >= 11 is 0. The molecule has 0 saturated heterocycles. The van der Waals surface area contributed by atoms with Gasteiger partial charge in [-0.15, -0.1) is 5.10 Å². The van der Waals surface area contributed by atoms with Gasteiger partial charge in [-0.3, -0.25) is 0 Å². The number of hydrogen-bond donors (Lipinski definition) is 0. The number of rotatable bonds is 7. The minimum atomic E-state index is 0.139. The van der Waals surface area contributed by atoms with Gasteiger partial charge in [0, 0.05) is 11.3 Å². The molecule has 0 atom stereocenters. The van der Waals surface area contributed by atoms with Crippen LogP contribution in [-0.4, -0.2) is 37.5 Å². The molecule has 9 nitrogen and oxygen atoms in total. The Morgan fingerprint density at radius 3 is 2.81 bits per heavy atom. The highest BCUT2D eigenvalue weighted by Gasteiger charge is 2.18. The van der Waals surface area contributed by atoms with Gasteiger partial charge in [0.05, 0.1) is 31.5 Å². The molecule has 162 valence electrons. The highest BCUT2D eigenvalue weighted by molar-refractivity contribution is 5.93. The van der Waals surface area contributed by atoms with E-state index in [9.17, 15) is 0 Å². The highest BCUT2D eigenvalue weighted by atomic mass is 16.6. The van der Waals surface area contributed by atoms with Crippen LogP contribution in [0.15, 0.2) is 58.6 Å². The Labute approximate surface area is 183 Å². The van der Waals surface area contributed by atoms with Gasteiger partial charge < -0.3 is 18.6 Å². The number of furan rings is 1. The Morgan fingerprint density at radius 1 is 1.12 bits per heavy atom. The summed E-state index contributed by atoms with van der Waals surface area (Å²) in [6, 6.07) is 11.4. The van der Waals surface area contributed by atoms with E-state index in [0.29, 0.717) is 12.4 Å². The quantitative estimate of drug-likeness (QED) is 0.287. The summed E-state index contributed by atoms with van der Waals surface area (Å²) in [4.78, 5) is 14.8. The maximum Gasteiger partial charge on any atom is 0.192 e. The number of fused-ring (bicyclic) bond motifs is 3. The van der Waals surface area contributed by atoms with Crippen LogP contribution in [0.2, 0.25) is 0 Å². The van der Waals surface area contributed by atoms with Crippen molar-refractivity contribution in [2.75, 3.05) is 7.11 Å². The Balaban J connectivity index is 1.41. The number of aromatic nitrogens is 5. The van der Waals surface area contributed by atoms with Gasteiger partial charge in [-0.25, -0.2) is 14.5 Å². The van der Waals surface area contributed by atoms with Gasteiger partial charge in [0.25, 0.3) is 0 Å². The Hall–Kier alpha value is -4.14. The van der Waals surface area contributed by atoms with Crippen molar-refractivity contribution in [1.29, 1.82) is 0 Å². The molecule has 0 aliphatic carbocycles. The van der Waals surface area contributed by atoms with Crippen LogP contribution >= 0.6 is 0 Å². The minimum Gasteiger partial charge on any atom is -0.496 e. The normalized spacial score (nSPS) is 11.7. The topological polar surface area (TPSA) is 92.0 Å². The zero-order valence-electron chi connectivity index (χ0n) is 18.0. The van der Waals surface area contributed by atoms with E-state index < -0.39 is 0 Å². The molecular weight excluding hydrogens is 408 g/mol. The number of oxime groups is 1. The molecule has 4 heterocycles. The largest absolute Gasteiger partial charge is 0.496 e. The van der Waals surface area contributed by atoms with Crippen molar-refractivity contribution < 1.29 is 14.0 Å². The van der Waals surface area contributed by atoms with Crippen LogP contribution in [0.4, 0.5) is 0 Å². The molecule has 4 aromatic heterocycles. The third-order valence-corrected chi connectivity index (χ3v) is 5.48. The first-order valence-corrected chi connectivity index (χ1v) is 10.2. The summed E-state index contributed by atoms with van der Waals surface area (Å²) < 4.78 is 14.6. The van der Waals surface area contributed by atoms with Crippen molar-refractivity contribution in [2.24, 2.45) is 5.16 Å². The Kier molecular flexibility index (Phi) is 5.06. The van der Waals surface area contributed by atoms with Gasteiger partial charge in [-0.2, -0.15) is 0 Å². The van der Waals surface area contributed by atoms with Gasteiger partial charge in [0.1, 0.15) is 23.5 Å². The van der Waals surface area contributed by atoms with Gasteiger partial charge in [-0.05, 0) is 43.7 Å². The van der Waals surface area contributed by atoms with E-state index in [1.807, 2.05) is 36.4 Å². The number of para-hydroxylation sites is 1. The molecule has 9 heteroatoms.